The maximum absolute atomic E-state index is 13.7. The third-order valence-corrected chi connectivity index (χ3v) is 10.1. The van der Waals surface area contributed by atoms with Crippen LogP contribution in [0.5, 0.6) is 0 Å². The van der Waals surface area contributed by atoms with Gasteiger partial charge in [-0.2, -0.15) is 24.5 Å². The van der Waals surface area contributed by atoms with Gasteiger partial charge in [0.05, 0.1) is 24.0 Å². The Hall–Kier alpha value is -4.48. The van der Waals surface area contributed by atoms with Gasteiger partial charge in [0, 0.05) is 37.3 Å². The molecule has 5 N–H and O–H groups in total. The highest BCUT2D eigenvalue weighted by Gasteiger charge is 2.38. The molecule has 0 spiro atoms. The third kappa shape index (κ3) is 13.6. The Labute approximate surface area is 305 Å². The highest BCUT2D eigenvalue weighted by molar-refractivity contribution is 7.92. The normalized spacial score (nSPS) is 14.5. The minimum atomic E-state index is -5.08. The summed E-state index contributed by atoms with van der Waals surface area (Å²) in [4.78, 5) is 48.8. The first-order valence-corrected chi connectivity index (χ1v) is 19.3. The summed E-state index contributed by atoms with van der Waals surface area (Å²) in [6, 6.07) is 14.7. The van der Waals surface area contributed by atoms with E-state index in [4.69, 9.17) is 9.90 Å². The average Bonchev–Trinajstić information content (AvgIpc) is 3.79. The number of nitrogens with one attached hydrogen (secondary N) is 4. The molecule has 3 aromatic rings. The smallest absolute Gasteiger partial charge is 0.475 e. The Kier molecular flexibility index (Phi) is 15.2. The SMILES string of the molecule is CC[C@H](NC[C@H](Cc1ccsc1)NC(=O)c1cc(C(=O)N[C@H](C)c2ccccc2)cc(N(C)S(C)(=O)=O)c1)C(=O)NCC1CC1.O=C(O)C(F)(F)F. The van der Waals surface area contributed by atoms with Gasteiger partial charge in [0.25, 0.3) is 11.8 Å². The molecular formula is C35H44F3N5O7S2. The van der Waals surface area contributed by atoms with Crippen LogP contribution in [0.4, 0.5) is 18.9 Å². The lowest BCUT2D eigenvalue weighted by Gasteiger charge is -2.24. The standard InChI is InChI=1S/C33H43N5O5S2.C2HF3O2/c1-5-30(33(41)35-19-23-11-12-23)34-20-28(15-24-13-14-44-21-24)37-32(40)27-16-26(17-29(18-27)38(3)45(4,42)43)31(39)36-22(2)25-9-7-6-8-10-25;3-2(4,5)1(6)7/h6-10,13-14,16-18,21-23,28,30,34H,5,11-12,15,19-20H2,1-4H3,(H,35,41)(H,36,39)(H,37,40);(H,6,7)/t22-,28+,30+;/m1./s1. The van der Waals surface area contributed by atoms with Crippen LogP contribution in [0.3, 0.4) is 0 Å². The second-order valence-electron chi connectivity index (χ2n) is 12.5. The fraction of sp³-hybridized carbons (Fsp3) is 0.429. The van der Waals surface area contributed by atoms with E-state index < -0.39 is 40.0 Å². The number of carbonyl (C=O) groups excluding carboxylic acids is 3. The number of alkyl halides is 3. The number of hydrogen-bond donors (Lipinski definition) is 5. The van der Waals surface area contributed by atoms with Gasteiger partial charge in [-0.3, -0.25) is 18.7 Å². The summed E-state index contributed by atoms with van der Waals surface area (Å²) in [5.41, 5.74) is 2.43. The minimum absolute atomic E-state index is 0.0538. The number of carbonyl (C=O) groups is 4. The number of nitrogens with zero attached hydrogens (tertiary/aromatic N) is 1. The van der Waals surface area contributed by atoms with Crippen LogP contribution in [0, 0.1) is 5.92 Å². The van der Waals surface area contributed by atoms with E-state index in [9.17, 15) is 36.0 Å². The van der Waals surface area contributed by atoms with Crippen LogP contribution < -0.4 is 25.6 Å². The number of halogens is 3. The number of carboxylic acid groups (broad SMARTS) is 1. The number of amides is 3. The Morgan fingerprint density at radius 2 is 1.60 bits per heavy atom. The van der Waals surface area contributed by atoms with Crippen molar-refractivity contribution in [2.75, 3.05) is 30.7 Å². The van der Waals surface area contributed by atoms with Gasteiger partial charge in [-0.05, 0) is 84.7 Å². The summed E-state index contributed by atoms with van der Waals surface area (Å²) in [6.07, 6.45) is -0.612. The summed E-state index contributed by atoms with van der Waals surface area (Å²) in [7, 11) is -2.30. The van der Waals surface area contributed by atoms with Gasteiger partial charge in [-0.1, -0.05) is 37.3 Å². The second-order valence-corrected chi connectivity index (χ2v) is 15.3. The van der Waals surface area contributed by atoms with E-state index in [0.29, 0.717) is 31.8 Å². The van der Waals surface area contributed by atoms with Gasteiger partial charge in [-0.25, -0.2) is 13.2 Å². The van der Waals surface area contributed by atoms with E-state index >= 15 is 0 Å². The van der Waals surface area contributed by atoms with Crippen LogP contribution in [-0.2, 0) is 26.0 Å². The van der Waals surface area contributed by atoms with Crippen molar-refractivity contribution in [1.29, 1.82) is 0 Å². The van der Waals surface area contributed by atoms with E-state index in [0.717, 1.165) is 34.5 Å². The fourth-order valence-electron chi connectivity index (χ4n) is 4.88. The molecule has 1 aromatic heterocycles. The highest BCUT2D eigenvalue weighted by atomic mass is 32.2. The number of rotatable bonds is 16. The summed E-state index contributed by atoms with van der Waals surface area (Å²) in [5, 5.41) is 23.4. The van der Waals surface area contributed by atoms with E-state index in [1.54, 1.807) is 11.3 Å². The molecule has 0 bridgehead atoms. The quantitative estimate of drug-likeness (QED) is 0.142. The van der Waals surface area contributed by atoms with Crippen molar-refractivity contribution in [2.24, 2.45) is 5.92 Å². The molecule has 3 atom stereocenters. The molecule has 0 radical (unpaired) electrons. The Morgan fingerprint density at radius 3 is 2.10 bits per heavy atom. The molecular weight excluding hydrogens is 724 g/mol. The average molecular weight is 768 g/mol. The molecule has 12 nitrogen and oxygen atoms in total. The third-order valence-electron chi connectivity index (χ3n) is 8.19. The zero-order valence-electron chi connectivity index (χ0n) is 29.2. The predicted molar refractivity (Wildman–Crippen MR) is 193 cm³/mol. The molecule has 1 aliphatic carbocycles. The number of benzene rings is 2. The van der Waals surface area contributed by atoms with Crippen LogP contribution >= 0.6 is 11.3 Å². The molecule has 0 saturated heterocycles. The van der Waals surface area contributed by atoms with E-state index in [-0.39, 0.29) is 34.8 Å². The van der Waals surface area contributed by atoms with Crippen molar-refractivity contribution in [3.8, 4) is 0 Å². The fourth-order valence-corrected chi connectivity index (χ4v) is 6.05. The molecule has 1 aliphatic rings. The molecule has 0 unspecified atom stereocenters. The van der Waals surface area contributed by atoms with Gasteiger partial charge in [0.15, 0.2) is 0 Å². The van der Waals surface area contributed by atoms with Crippen LogP contribution in [-0.4, -0.2) is 81.9 Å². The monoisotopic (exact) mass is 767 g/mol. The minimum Gasteiger partial charge on any atom is -0.475 e. The summed E-state index contributed by atoms with van der Waals surface area (Å²) < 4.78 is 57.6. The largest absolute Gasteiger partial charge is 0.490 e. The van der Waals surface area contributed by atoms with Gasteiger partial charge in [-0.15, -0.1) is 0 Å². The van der Waals surface area contributed by atoms with Gasteiger partial charge < -0.3 is 26.4 Å². The number of hydrogen-bond acceptors (Lipinski definition) is 8. The molecule has 3 amide bonds. The lowest BCUT2D eigenvalue weighted by Crippen LogP contribution is -2.50. The van der Waals surface area contributed by atoms with Gasteiger partial charge >= 0.3 is 12.1 Å². The maximum atomic E-state index is 13.7. The summed E-state index contributed by atoms with van der Waals surface area (Å²) in [6.45, 7) is 4.81. The first kappa shape index (κ1) is 41.9. The number of sulfonamides is 1. The molecule has 0 aliphatic heterocycles. The van der Waals surface area contributed by atoms with E-state index in [1.165, 1.54) is 25.2 Å². The highest BCUT2D eigenvalue weighted by Crippen LogP contribution is 2.27. The maximum Gasteiger partial charge on any atom is 0.490 e. The molecule has 1 heterocycles. The van der Waals surface area contributed by atoms with Crippen molar-refractivity contribution < 1.29 is 45.9 Å². The van der Waals surface area contributed by atoms with Crippen LogP contribution in [0.2, 0.25) is 0 Å². The summed E-state index contributed by atoms with van der Waals surface area (Å²) >= 11 is 1.56. The van der Waals surface area contributed by atoms with E-state index in [1.807, 2.05) is 61.0 Å². The topological polar surface area (TPSA) is 174 Å². The van der Waals surface area contributed by atoms with E-state index in [2.05, 4.69) is 21.3 Å². The number of thiophene rings is 1. The van der Waals surface area contributed by atoms with Crippen molar-refractivity contribution in [2.45, 2.75) is 63.8 Å². The van der Waals surface area contributed by atoms with Crippen LogP contribution in [0.25, 0.3) is 0 Å². The predicted octanol–water partition coefficient (Wildman–Crippen LogP) is 4.50. The number of aliphatic carboxylic acids is 1. The lowest BCUT2D eigenvalue weighted by molar-refractivity contribution is -0.192. The molecule has 52 heavy (non-hydrogen) atoms. The molecule has 1 saturated carbocycles. The molecule has 284 valence electrons. The van der Waals surface area contributed by atoms with Crippen molar-refractivity contribution in [3.63, 3.8) is 0 Å². The van der Waals surface area contributed by atoms with Crippen molar-refractivity contribution >= 4 is 50.7 Å². The Morgan fingerprint density at radius 1 is 1.00 bits per heavy atom. The summed E-state index contributed by atoms with van der Waals surface area (Å²) in [5.74, 6) is -3.14. The zero-order valence-corrected chi connectivity index (χ0v) is 30.8. The molecule has 2 aromatic carbocycles. The molecule has 4 rings (SSSR count). The van der Waals surface area contributed by atoms with Crippen LogP contribution in [0.15, 0.2) is 65.4 Å². The zero-order chi connectivity index (χ0) is 38.6. The first-order valence-electron chi connectivity index (χ1n) is 16.5. The van der Waals surface area contributed by atoms with Crippen molar-refractivity contribution in [1.82, 2.24) is 21.3 Å². The van der Waals surface area contributed by atoms with Gasteiger partial charge in [0.1, 0.15) is 0 Å². The molecule has 1 fully saturated rings. The second kappa shape index (κ2) is 18.8. The van der Waals surface area contributed by atoms with Gasteiger partial charge in [0.2, 0.25) is 15.9 Å². The Balaban J connectivity index is 0.000000944. The lowest BCUT2D eigenvalue weighted by atomic mass is 10.0. The Bertz CT molecular complexity index is 1770. The van der Waals surface area contributed by atoms with Crippen LogP contribution in [0.1, 0.15) is 71.0 Å². The number of carboxylic acids is 1. The first-order chi connectivity index (χ1) is 24.4. The molecule has 17 heteroatoms. The van der Waals surface area contributed by atoms with Crippen molar-refractivity contribution in [3.05, 3.63) is 87.6 Å². The number of anilines is 1.